The van der Waals surface area contributed by atoms with Crippen LogP contribution in [0, 0.1) is 5.92 Å². The van der Waals surface area contributed by atoms with Crippen molar-refractivity contribution < 1.29 is 14.3 Å². The van der Waals surface area contributed by atoms with Crippen LogP contribution in [0.3, 0.4) is 0 Å². The van der Waals surface area contributed by atoms with E-state index in [1.165, 1.54) is 7.11 Å². The Kier molecular flexibility index (Phi) is 3.50. The molecule has 2 N–H and O–H groups in total. The van der Waals surface area contributed by atoms with Crippen LogP contribution in [0.15, 0.2) is 0 Å². The predicted molar refractivity (Wildman–Crippen MR) is 52.7 cm³/mol. The predicted octanol–water partition coefficient (Wildman–Crippen LogP) is 0.692. The molecule has 0 aromatic carbocycles. The number of esters is 1. The fraction of sp³-hybridized carbons (Fsp3) is 0.900. The summed E-state index contributed by atoms with van der Waals surface area (Å²) in [5.41, 5.74) is 5.23. The first kappa shape index (κ1) is 11.5. The lowest BCUT2D eigenvalue weighted by molar-refractivity contribution is -0.152. The Morgan fingerprint density at radius 1 is 1.50 bits per heavy atom. The summed E-state index contributed by atoms with van der Waals surface area (Å²) in [4.78, 5) is 11.5. The molecule has 0 aliphatic heterocycles. The monoisotopic (exact) mass is 201 g/mol. The lowest BCUT2D eigenvalue weighted by Gasteiger charge is -2.39. The average molecular weight is 201 g/mol. The van der Waals surface area contributed by atoms with Crippen LogP contribution in [0.1, 0.15) is 26.2 Å². The van der Waals surface area contributed by atoms with Crippen LogP contribution < -0.4 is 5.73 Å². The quantitative estimate of drug-likeness (QED) is 0.668. The second-order valence-electron chi connectivity index (χ2n) is 4.07. The van der Waals surface area contributed by atoms with Gasteiger partial charge < -0.3 is 15.2 Å². The molecule has 14 heavy (non-hydrogen) atoms. The topological polar surface area (TPSA) is 61.5 Å². The number of ether oxygens (including phenoxy) is 2. The van der Waals surface area contributed by atoms with Gasteiger partial charge >= 0.3 is 5.97 Å². The molecule has 3 atom stereocenters. The molecular formula is C10H19NO3. The molecule has 1 fully saturated rings. The van der Waals surface area contributed by atoms with Crippen molar-refractivity contribution in [2.75, 3.05) is 14.2 Å². The molecule has 3 unspecified atom stereocenters. The van der Waals surface area contributed by atoms with Gasteiger partial charge in [0, 0.05) is 7.11 Å². The number of hydrogen-bond donors (Lipinski definition) is 1. The first-order valence-electron chi connectivity index (χ1n) is 4.94. The van der Waals surface area contributed by atoms with Crippen molar-refractivity contribution in [1.29, 1.82) is 0 Å². The largest absolute Gasteiger partial charge is 0.468 e. The van der Waals surface area contributed by atoms with Crippen molar-refractivity contribution in [3.63, 3.8) is 0 Å². The van der Waals surface area contributed by atoms with Gasteiger partial charge in [0.1, 0.15) is 5.54 Å². The van der Waals surface area contributed by atoms with Crippen molar-refractivity contribution in [3.05, 3.63) is 0 Å². The van der Waals surface area contributed by atoms with Gasteiger partial charge in [0.15, 0.2) is 0 Å². The Bertz CT molecular complexity index is 219. The fourth-order valence-electron chi connectivity index (χ4n) is 2.08. The molecule has 0 aromatic rings. The zero-order chi connectivity index (χ0) is 10.8. The van der Waals surface area contributed by atoms with Gasteiger partial charge in [-0.2, -0.15) is 0 Å². The first-order chi connectivity index (χ1) is 6.54. The van der Waals surface area contributed by atoms with E-state index in [0.29, 0.717) is 6.42 Å². The minimum Gasteiger partial charge on any atom is -0.468 e. The smallest absolute Gasteiger partial charge is 0.326 e. The van der Waals surface area contributed by atoms with Crippen LogP contribution in [0.2, 0.25) is 0 Å². The van der Waals surface area contributed by atoms with Crippen LogP contribution in [0.5, 0.6) is 0 Å². The minimum absolute atomic E-state index is 0.105. The molecule has 0 aromatic heterocycles. The number of methoxy groups -OCH3 is 2. The number of carbonyl (C=O) groups excluding carboxylic acids is 1. The Labute approximate surface area is 84.7 Å². The van der Waals surface area contributed by atoms with Crippen molar-refractivity contribution in [2.24, 2.45) is 11.7 Å². The fourth-order valence-corrected chi connectivity index (χ4v) is 2.08. The van der Waals surface area contributed by atoms with Crippen molar-refractivity contribution in [2.45, 2.75) is 37.8 Å². The van der Waals surface area contributed by atoms with E-state index in [0.717, 1.165) is 12.8 Å². The highest BCUT2D eigenvalue weighted by Gasteiger charge is 2.44. The summed E-state index contributed by atoms with van der Waals surface area (Å²) in [6.07, 6.45) is 2.51. The van der Waals surface area contributed by atoms with Gasteiger partial charge in [0.2, 0.25) is 0 Å². The zero-order valence-corrected chi connectivity index (χ0v) is 9.08. The van der Waals surface area contributed by atoms with Crippen molar-refractivity contribution in [3.8, 4) is 0 Å². The minimum atomic E-state index is -0.816. The molecule has 4 heteroatoms. The molecule has 1 saturated carbocycles. The van der Waals surface area contributed by atoms with Crippen LogP contribution in [-0.4, -0.2) is 31.8 Å². The maximum Gasteiger partial charge on any atom is 0.326 e. The Morgan fingerprint density at radius 3 is 2.57 bits per heavy atom. The Morgan fingerprint density at radius 2 is 2.14 bits per heavy atom. The summed E-state index contributed by atoms with van der Waals surface area (Å²) in [6, 6.07) is 0. The van der Waals surface area contributed by atoms with E-state index in [4.69, 9.17) is 15.2 Å². The highest BCUT2D eigenvalue weighted by molar-refractivity contribution is 5.81. The van der Waals surface area contributed by atoms with Crippen molar-refractivity contribution in [1.82, 2.24) is 0 Å². The molecule has 4 nitrogen and oxygen atoms in total. The number of hydrogen-bond acceptors (Lipinski definition) is 4. The van der Waals surface area contributed by atoms with Gasteiger partial charge in [0.25, 0.3) is 0 Å². The second kappa shape index (κ2) is 4.28. The molecule has 0 bridgehead atoms. The molecule has 0 amide bonds. The van der Waals surface area contributed by atoms with Gasteiger partial charge in [-0.15, -0.1) is 0 Å². The average Bonchev–Trinajstić information content (AvgIpc) is 2.21. The normalized spacial score (nSPS) is 38.0. The zero-order valence-electron chi connectivity index (χ0n) is 9.08. The van der Waals surface area contributed by atoms with E-state index in [1.807, 2.05) is 6.92 Å². The van der Waals surface area contributed by atoms with E-state index in [-0.39, 0.29) is 18.0 Å². The van der Waals surface area contributed by atoms with Crippen LogP contribution in [0.4, 0.5) is 0 Å². The van der Waals surface area contributed by atoms with E-state index >= 15 is 0 Å². The molecule has 1 aliphatic rings. The molecule has 82 valence electrons. The summed E-state index contributed by atoms with van der Waals surface area (Å²) in [5, 5.41) is 0. The summed E-state index contributed by atoms with van der Waals surface area (Å²) in [7, 11) is 3.07. The van der Waals surface area contributed by atoms with Gasteiger partial charge in [-0.25, -0.2) is 0 Å². The molecule has 0 saturated heterocycles. The van der Waals surface area contributed by atoms with Crippen LogP contribution in [0.25, 0.3) is 0 Å². The molecule has 0 radical (unpaired) electrons. The van der Waals surface area contributed by atoms with Gasteiger partial charge in [-0.05, 0) is 25.2 Å². The Balaban J connectivity index is 2.69. The number of nitrogens with two attached hydrogens (primary N) is 1. The lowest BCUT2D eigenvalue weighted by atomic mass is 9.73. The van der Waals surface area contributed by atoms with E-state index in [1.54, 1.807) is 7.11 Å². The highest BCUT2D eigenvalue weighted by Crippen LogP contribution is 2.33. The van der Waals surface area contributed by atoms with Gasteiger partial charge in [-0.3, -0.25) is 4.79 Å². The molecule has 0 spiro atoms. The summed E-state index contributed by atoms with van der Waals surface area (Å²) < 4.78 is 9.99. The summed E-state index contributed by atoms with van der Waals surface area (Å²) >= 11 is 0. The third-order valence-electron chi connectivity index (χ3n) is 3.27. The summed E-state index contributed by atoms with van der Waals surface area (Å²) in [5.74, 6) is -0.201. The van der Waals surface area contributed by atoms with Gasteiger partial charge in [0.05, 0.1) is 13.2 Å². The number of carbonyl (C=O) groups is 1. The SMILES string of the molecule is COC(=O)C1(N)CCC(OC)CC1C. The second-order valence-corrected chi connectivity index (χ2v) is 4.07. The molecule has 1 aliphatic carbocycles. The summed E-state index contributed by atoms with van der Waals surface area (Å²) in [6.45, 7) is 1.97. The van der Waals surface area contributed by atoms with E-state index in [9.17, 15) is 4.79 Å². The first-order valence-corrected chi connectivity index (χ1v) is 4.94. The standard InChI is InChI=1S/C10H19NO3/c1-7-6-8(13-2)4-5-10(7,11)9(12)14-3/h7-8H,4-6,11H2,1-3H3. The van der Waals surface area contributed by atoms with Crippen LogP contribution >= 0.6 is 0 Å². The van der Waals surface area contributed by atoms with E-state index < -0.39 is 5.54 Å². The maximum atomic E-state index is 11.5. The van der Waals surface area contributed by atoms with Crippen molar-refractivity contribution >= 4 is 5.97 Å². The molecule has 0 heterocycles. The van der Waals surface area contributed by atoms with E-state index in [2.05, 4.69) is 0 Å². The Hall–Kier alpha value is -0.610. The highest BCUT2D eigenvalue weighted by atomic mass is 16.5. The van der Waals surface area contributed by atoms with Gasteiger partial charge in [-0.1, -0.05) is 6.92 Å². The third-order valence-corrected chi connectivity index (χ3v) is 3.27. The number of rotatable bonds is 2. The third kappa shape index (κ3) is 1.91. The molecule has 1 rings (SSSR count). The molecular weight excluding hydrogens is 182 g/mol. The maximum absolute atomic E-state index is 11.5. The van der Waals surface area contributed by atoms with Crippen LogP contribution in [-0.2, 0) is 14.3 Å². The lowest BCUT2D eigenvalue weighted by Crippen LogP contribution is -2.57.